The Morgan fingerprint density at radius 2 is 1.95 bits per heavy atom. The highest BCUT2D eigenvalue weighted by atomic mass is 32.2. The molecule has 0 unspecified atom stereocenters. The van der Waals surface area contributed by atoms with Crippen LogP contribution in [0.15, 0.2) is 30.3 Å². The van der Waals surface area contributed by atoms with Gasteiger partial charge in [0.15, 0.2) is 0 Å². The van der Waals surface area contributed by atoms with Crippen molar-refractivity contribution >= 4 is 34.1 Å². The Balaban J connectivity index is 1.78. The van der Waals surface area contributed by atoms with Crippen molar-refractivity contribution < 1.29 is 4.79 Å². The van der Waals surface area contributed by atoms with Gasteiger partial charge in [-0.3, -0.25) is 10.1 Å². The second kappa shape index (κ2) is 7.04. The Morgan fingerprint density at radius 1 is 1.24 bits per heavy atom. The fourth-order valence-corrected chi connectivity index (χ4v) is 3.17. The van der Waals surface area contributed by atoms with Crippen molar-refractivity contribution in [1.29, 1.82) is 0 Å². The van der Waals surface area contributed by atoms with Crippen molar-refractivity contribution in [3.05, 3.63) is 40.9 Å². The molecule has 1 heterocycles. The second-order valence-corrected chi connectivity index (χ2v) is 7.65. The lowest BCUT2D eigenvalue weighted by Gasteiger charge is -2.12. The van der Waals surface area contributed by atoms with Crippen molar-refractivity contribution in [1.82, 2.24) is 10.2 Å². The van der Waals surface area contributed by atoms with Crippen LogP contribution in [-0.2, 0) is 16.0 Å². The highest BCUT2D eigenvalue weighted by molar-refractivity contribution is 7.99. The summed E-state index contributed by atoms with van der Waals surface area (Å²) in [7, 11) is 0. The van der Waals surface area contributed by atoms with E-state index in [2.05, 4.69) is 48.4 Å². The number of amides is 1. The third-order valence-electron chi connectivity index (χ3n) is 2.66. The normalized spacial score (nSPS) is 11.4. The van der Waals surface area contributed by atoms with Crippen LogP contribution in [0, 0.1) is 0 Å². The van der Waals surface area contributed by atoms with E-state index in [0.29, 0.717) is 10.9 Å². The minimum absolute atomic E-state index is 0.0347. The van der Waals surface area contributed by atoms with Crippen LogP contribution in [0.4, 0.5) is 5.13 Å². The summed E-state index contributed by atoms with van der Waals surface area (Å²) < 4.78 is 0. The molecule has 21 heavy (non-hydrogen) atoms. The average Bonchev–Trinajstić information content (AvgIpc) is 2.88. The zero-order chi connectivity index (χ0) is 15.3. The third-order valence-corrected chi connectivity index (χ3v) is 4.93. The van der Waals surface area contributed by atoms with Gasteiger partial charge in [0.25, 0.3) is 0 Å². The Morgan fingerprint density at radius 3 is 2.57 bits per heavy atom. The van der Waals surface area contributed by atoms with E-state index in [9.17, 15) is 4.79 Å². The van der Waals surface area contributed by atoms with Gasteiger partial charge in [-0.05, 0) is 5.56 Å². The van der Waals surface area contributed by atoms with E-state index in [4.69, 9.17) is 0 Å². The molecule has 0 aliphatic carbocycles. The summed E-state index contributed by atoms with van der Waals surface area (Å²) in [6, 6.07) is 10.1. The molecule has 4 nitrogen and oxygen atoms in total. The van der Waals surface area contributed by atoms with Gasteiger partial charge in [0.2, 0.25) is 11.0 Å². The number of benzene rings is 1. The maximum atomic E-state index is 11.9. The van der Waals surface area contributed by atoms with E-state index in [-0.39, 0.29) is 11.3 Å². The van der Waals surface area contributed by atoms with Crippen LogP contribution < -0.4 is 5.32 Å². The number of nitrogens with zero attached hydrogens (tertiary/aromatic N) is 2. The van der Waals surface area contributed by atoms with E-state index in [0.717, 1.165) is 10.8 Å². The Kier molecular flexibility index (Phi) is 5.36. The monoisotopic (exact) mass is 321 g/mol. The lowest BCUT2D eigenvalue weighted by molar-refractivity contribution is -0.113. The predicted molar refractivity (Wildman–Crippen MR) is 89.8 cm³/mol. The lowest BCUT2D eigenvalue weighted by atomic mass is 9.98. The van der Waals surface area contributed by atoms with Gasteiger partial charge in [0.05, 0.1) is 5.75 Å². The fourth-order valence-electron chi connectivity index (χ4n) is 1.57. The molecule has 112 valence electrons. The Bertz CT molecular complexity index is 590. The highest BCUT2D eigenvalue weighted by Gasteiger charge is 2.19. The van der Waals surface area contributed by atoms with Crippen molar-refractivity contribution in [3.8, 4) is 0 Å². The number of hydrogen-bond acceptors (Lipinski definition) is 5. The molecular formula is C15H19N3OS2. The number of anilines is 1. The van der Waals surface area contributed by atoms with Crippen LogP contribution in [0.1, 0.15) is 31.3 Å². The summed E-state index contributed by atoms with van der Waals surface area (Å²) in [6.45, 7) is 6.23. The van der Waals surface area contributed by atoms with Gasteiger partial charge in [0.1, 0.15) is 5.01 Å². The first-order chi connectivity index (χ1) is 9.95. The van der Waals surface area contributed by atoms with Crippen LogP contribution in [0.25, 0.3) is 0 Å². The summed E-state index contributed by atoms with van der Waals surface area (Å²) in [5, 5.41) is 12.4. The molecule has 0 aliphatic heterocycles. The minimum atomic E-state index is -0.0390. The van der Waals surface area contributed by atoms with Crippen LogP contribution >= 0.6 is 23.1 Å². The van der Waals surface area contributed by atoms with Crippen molar-refractivity contribution in [2.24, 2.45) is 0 Å². The summed E-state index contributed by atoms with van der Waals surface area (Å²) in [5.74, 6) is 1.21. The van der Waals surface area contributed by atoms with Gasteiger partial charge in [0, 0.05) is 11.2 Å². The Hall–Kier alpha value is -1.40. The molecule has 6 heteroatoms. The first-order valence-corrected chi connectivity index (χ1v) is 8.68. The largest absolute Gasteiger partial charge is 0.300 e. The number of hydrogen-bond donors (Lipinski definition) is 1. The van der Waals surface area contributed by atoms with Gasteiger partial charge >= 0.3 is 0 Å². The zero-order valence-corrected chi connectivity index (χ0v) is 14.1. The van der Waals surface area contributed by atoms with Gasteiger partial charge < -0.3 is 0 Å². The molecule has 1 aromatic carbocycles. The number of nitrogens with one attached hydrogen (secondary N) is 1. The van der Waals surface area contributed by atoms with Crippen LogP contribution in [0.3, 0.4) is 0 Å². The summed E-state index contributed by atoms with van der Waals surface area (Å²) >= 11 is 3.03. The highest BCUT2D eigenvalue weighted by Crippen LogP contribution is 2.27. The number of rotatable bonds is 5. The van der Waals surface area contributed by atoms with Crippen molar-refractivity contribution in [2.75, 3.05) is 11.1 Å². The van der Waals surface area contributed by atoms with E-state index < -0.39 is 0 Å². The van der Waals surface area contributed by atoms with E-state index in [1.165, 1.54) is 16.9 Å². The molecule has 2 aromatic rings. The number of aromatic nitrogens is 2. The fraction of sp³-hybridized carbons (Fsp3) is 0.400. The molecule has 0 fully saturated rings. The molecule has 0 spiro atoms. The summed E-state index contributed by atoms with van der Waals surface area (Å²) in [6.07, 6.45) is 0. The zero-order valence-electron chi connectivity index (χ0n) is 12.4. The lowest BCUT2D eigenvalue weighted by Crippen LogP contribution is -2.14. The molecule has 0 atom stereocenters. The molecule has 2 rings (SSSR count). The van der Waals surface area contributed by atoms with Crippen LogP contribution in [-0.4, -0.2) is 21.9 Å². The van der Waals surface area contributed by atoms with Crippen LogP contribution in [0.2, 0.25) is 0 Å². The second-order valence-electron chi connectivity index (χ2n) is 5.69. The van der Waals surface area contributed by atoms with Crippen molar-refractivity contribution in [2.45, 2.75) is 31.9 Å². The predicted octanol–water partition coefficient (Wildman–Crippen LogP) is 3.71. The first kappa shape index (κ1) is 16.0. The minimum Gasteiger partial charge on any atom is -0.300 e. The van der Waals surface area contributed by atoms with Crippen LogP contribution in [0.5, 0.6) is 0 Å². The van der Waals surface area contributed by atoms with Gasteiger partial charge in [-0.2, -0.15) is 0 Å². The van der Waals surface area contributed by atoms with Crippen molar-refractivity contribution in [3.63, 3.8) is 0 Å². The molecule has 0 saturated heterocycles. The van der Waals surface area contributed by atoms with Gasteiger partial charge in [-0.25, -0.2) is 0 Å². The standard InChI is InChI=1S/C15H19N3OS2/c1-15(2,3)13-17-18-14(21-13)16-12(19)10-20-9-11-7-5-4-6-8-11/h4-8H,9-10H2,1-3H3,(H,16,18,19). The number of carbonyl (C=O) groups is 1. The quantitative estimate of drug-likeness (QED) is 0.912. The van der Waals surface area contributed by atoms with E-state index >= 15 is 0 Å². The molecule has 0 bridgehead atoms. The maximum absolute atomic E-state index is 11.9. The van der Waals surface area contributed by atoms with E-state index in [1.54, 1.807) is 11.8 Å². The molecule has 0 aliphatic rings. The molecule has 1 amide bonds. The molecular weight excluding hydrogens is 302 g/mol. The first-order valence-electron chi connectivity index (χ1n) is 6.70. The molecule has 1 N–H and O–H groups in total. The third kappa shape index (κ3) is 5.13. The van der Waals surface area contributed by atoms with E-state index in [1.807, 2.05) is 18.2 Å². The average molecular weight is 321 g/mol. The summed E-state index contributed by atoms with van der Waals surface area (Å²) in [5.41, 5.74) is 1.18. The Labute approximate surface area is 133 Å². The maximum Gasteiger partial charge on any atom is 0.236 e. The molecule has 0 radical (unpaired) electrons. The SMILES string of the molecule is CC(C)(C)c1nnc(NC(=O)CSCc2ccccc2)s1. The smallest absolute Gasteiger partial charge is 0.236 e. The molecule has 1 aromatic heterocycles. The number of thioether (sulfide) groups is 1. The van der Waals surface area contributed by atoms with Gasteiger partial charge in [-0.1, -0.05) is 62.4 Å². The topological polar surface area (TPSA) is 54.9 Å². The number of carbonyl (C=O) groups excluding carboxylic acids is 1. The summed E-state index contributed by atoms with van der Waals surface area (Å²) in [4.78, 5) is 11.9. The molecule has 0 saturated carbocycles. The van der Waals surface area contributed by atoms with Gasteiger partial charge in [-0.15, -0.1) is 22.0 Å².